The molecule has 3 aromatic carbocycles. The van der Waals surface area contributed by atoms with Gasteiger partial charge in [0.2, 0.25) is 15.9 Å². The van der Waals surface area contributed by atoms with E-state index in [1.807, 2.05) is 0 Å². The zero-order chi connectivity index (χ0) is 23.2. The monoisotopic (exact) mass is 484 g/mol. The van der Waals surface area contributed by atoms with E-state index in [0.29, 0.717) is 21.8 Å². The molecule has 1 aliphatic heterocycles. The number of anilines is 1. The van der Waals surface area contributed by atoms with Gasteiger partial charge in [-0.3, -0.25) is 4.79 Å². The van der Waals surface area contributed by atoms with Gasteiger partial charge in [0.15, 0.2) is 0 Å². The number of halogens is 2. The van der Waals surface area contributed by atoms with Crippen LogP contribution in [-0.2, 0) is 14.8 Å². The molecule has 4 aromatic rings. The zero-order valence-electron chi connectivity index (χ0n) is 17.1. The number of nitrogens with one attached hydrogen (secondary N) is 2. The van der Waals surface area contributed by atoms with Gasteiger partial charge >= 0.3 is 0 Å². The van der Waals surface area contributed by atoms with E-state index in [0.717, 1.165) is 5.39 Å². The first-order valence-electron chi connectivity index (χ1n) is 10.1. The van der Waals surface area contributed by atoms with Gasteiger partial charge in [-0.2, -0.15) is 4.72 Å². The van der Waals surface area contributed by atoms with E-state index in [2.05, 4.69) is 14.7 Å². The summed E-state index contributed by atoms with van der Waals surface area (Å²) in [6, 6.07) is 13.3. The third kappa shape index (κ3) is 4.10. The van der Waals surface area contributed by atoms with Crippen molar-refractivity contribution in [1.29, 1.82) is 0 Å². The molecule has 0 radical (unpaired) electrons. The number of hydrogen-bond donors (Lipinski definition) is 2. The summed E-state index contributed by atoms with van der Waals surface area (Å²) in [5, 5.41) is 2.07. The number of rotatable bonds is 5. The Morgan fingerprint density at radius 2 is 1.88 bits per heavy atom. The van der Waals surface area contributed by atoms with Crippen LogP contribution in [0.5, 0.6) is 0 Å². The molecule has 1 aromatic heterocycles. The Hall–Kier alpha value is -3.27. The van der Waals surface area contributed by atoms with Crippen LogP contribution in [0.15, 0.2) is 71.9 Å². The highest BCUT2D eigenvalue weighted by Crippen LogP contribution is 2.29. The van der Waals surface area contributed by atoms with E-state index >= 15 is 0 Å². The number of imidazole rings is 1. The summed E-state index contributed by atoms with van der Waals surface area (Å²) in [5.74, 6) is -0.582. The normalized spacial score (nSPS) is 16.6. The van der Waals surface area contributed by atoms with Crippen molar-refractivity contribution in [2.75, 3.05) is 11.4 Å². The van der Waals surface area contributed by atoms with Gasteiger partial charge in [0.05, 0.1) is 10.6 Å². The second kappa shape index (κ2) is 8.26. The predicted molar refractivity (Wildman–Crippen MR) is 124 cm³/mol. The van der Waals surface area contributed by atoms with Crippen molar-refractivity contribution >= 4 is 44.0 Å². The molecule has 1 unspecified atom stereocenters. The van der Waals surface area contributed by atoms with E-state index in [9.17, 15) is 17.6 Å². The minimum atomic E-state index is -3.97. The number of aromatic amines is 1. The smallest absolute Gasteiger partial charge is 0.245 e. The van der Waals surface area contributed by atoms with Crippen LogP contribution in [0.25, 0.3) is 22.2 Å². The lowest BCUT2D eigenvalue weighted by Crippen LogP contribution is -2.41. The third-order valence-electron chi connectivity index (χ3n) is 5.60. The molecule has 10 heteroatoms. The van der Waals surface area contributed by atoms with Gasteiger partial charge in [-0.25, -0.2) is 17.8 Å². The molecule has 2 heterocycles. The van der Waals surface area contributed by atoms with Crippen LogP contribution in [0.1, 0.15) is 6.42 Å². The van der Waals surface area contributed by atoms with Crippen molar-refractivity contribution < 1.29 is 17.6 Å². The van der Waals surface area contributed by atoms with E-state index in [1.165, 1.54) is 29.2 Å². The Kier molecular flexibility index (Phi) is 5.40. The number of H-pyrrole nitrogens is 1. The van der Waals surface area contributed by atoms with E-state index in [4.69, 9.17) is 11.6 Å². The molecule has 2 N–H and O–H groups in total. The molecule has 1 atom stereocenters. The third-order valence-corrected chi connectivity index (χ3v) is 7.30. The second-order valence-electron chi connectivity index (χ2n) is 7.71. The molecular formula is C23H18ClFN4O3S. The Labute approximate surface area is 194 Å². The van der Waals surface area contributed by atoms with Gasteiger partial charge in [-0.15, -0.1) is 0 Å². The first kappa shape index (κ1) is 21.6. The molecule has 7 nitrogen and oxygen atoms in total. The van der Waals surface area contributed by atoms with Gasteiger partial charge < -0.3 is 9.88 Å². The molecule has 1 saturated heterocycles. The summed E-state index contributed by atoms with van der Waals surface area (Å²) < 4.78 is 43.1. The maximum absolute atomic E-state index is 14.8. The lowest BCUT2D eigenvalue weighted by Gasteiger charge is -2.18. The van der Waals surface area contributed by atoms with Crippen molar-refractivity contribution in [3.05, 3.63) is 77.8 Å². The molecule has 1 fully saturated rings. The van der Waals surface area contributed by atoms with Crippen LogP contribution in [0.3, 0.4) is 0 Å². The molecule has 168 valence electrons. The summed E-state index contributed by atoms with van der Waals surface area (Å²) >= 11 is 5.98. The lowest BCUT2D eigenvalue weighted by molar-refractivity contribution is -0.118. The number of fused-ring (bicyclic) bond motifs is 1. The maximum Gasteiger partial charge on any atom is 0.245 e. The highest BCUT2D eigenvalue weighted by molar-refractivity contribution is 7.89. The van der Waals surface area contributed by atoms with E-state index < -0.39 is 27.8 Å². The zero-order valence-corrected chi connectivity index (χ0v) is 18.7. The first-order chi connectivity index (χ1) is 15.8. The van der Waals surface area contributed by atoms with Crippen LogP contribution in [0.2, 0.25) is 5.02 Å². The van der Waals surface area contributed by atoms with Crippen molar-refractivity contribution in [1.82, 2.24) is 14.7 Å². The summed E-state index contributed by atoms with van der Waals surface area (Å²) in [5.41, 5.74) is 0.641. The highest BCUT2D eigenvalue weighted by atomic mass is 35.5. The van der Waals surface area contributed by atoms with Gasteiger partial charge in [-0.05, 0) is 59.7 Å². The number of nitrogens with zero attached hydrogens (tertiary/aromatic N) is 2. The van der Waals surface area contributed by atoms with Crippen LogP contribution >= 0.6 is 11.6 Å². The highest BCUT2D eigenvalue weighted by Gasteiger charge is 2.36. The Balaban J connectivity index is 1.36. The fourth-order valence-electron chi connectivity index (χ4n) is 3.94. The molecule has 5 rings (SSSR count). The molecule has 0 aliphatic carbocycles. The summed E-state index contributed by atoms with van der Waals surface area (Å²) in [6.45, 7) is 0.194. The average Bonchev–Trinajstić information content (AvgIpc) is 3.44. The molecule has 0 spiro atoms. The summed E-state index contributed by atoms with van der Waals surface area (Å²) in [7, 11) is -3.97. The number of carbonyl (C=O) groups excluding carboxylic acids is 1. The summed E-state index contributed by atoms with van der Waals surface area (Å²) in [6.07, 6.45) is 3.42. The number of hydrogen-bond acceptors (Lipinski definition) is 4. The standard InChI is InChI=1S/C23H18ClFN4O3S/c24-17-4-1-15-12-18(5-2-14(15)11-17)33(31,32)28-20-7-10-29(23(20)30)21-6-3-16(13-19(21)25)22-26-8-9-27-22/h1-6,8-9,11-13,20,28H,7,10H2,(H,26,27). The Bertz CT molecular complexity index is 1470. The largest absolute Gasteiger partial charge is 0.345 e. The first-order valence-corrected chi connectivity index (χ1v) is 12.0. The molecule has 0 bridgehead atoms. The molecule has 33 heavy (non-hydrogen) atoms. The number of sulfonamides is 1. The predicted octanol–water partition coefficient (Wildman–Crippen LogP) is 4.11. The maximum atomic E-state index is 14.8. The van der Waals surface area contributed by atoms with Crippen LogP contribution in [0, 0.1) is 5.82 Å². The molecular weight excluding hydrogens is 467 g/mol. The number of benzene rings is 3. The average molecular weight is 485 g/mol. The lowest BCUT2D eigenvalue weighted by atomic mass is 10.1. The fourth-order valence-corrected chi connectivity index (χ4v) is 5.38. The summed E-state index contributed by atoms with van der Waals surface area (Å²) in [4.78, 5) is 21.2. The van der Waals surface area contributed by atoms with Crippen LogP contribution in [0.4, 0.5) is 10.1 Å². The minimum Gasteiger partial charge on any atom is -0.345 e. The van der Waals surface area contributed by atoms with Gasteiger partial charge in [0, 0.05) is 29.5 Å². The SMILES string of the molecule is O=C1C(NS(=O)(=O)c2ccc3cc(Cl)ccc3c2)CCN1c1ccc(-c2ncc[nH]2)cc1F. The molecule has 0 saturated carbocycles. The Morgan fingerprint density at radius 3 is 2.64 bits per heavy atom. The van der Waals surface area contributed by atoms with Crippen molar-refractivity contribution in [2.24, 2.45) is 0 Å². The molecule has 1 aliphatic rings. The number of aromatic nitrogens is 2. The van der Waals surface area contributed by atoms with Crippen LogP contribution < -0.4 is 9.62 Å². The Morgan fingerprint density at radius 1 is 1.09 bits per heavy atom. The van der Waals surface area contributed by atoms with Crippen molar-refractivity contribution in [3.63, 3.8) is 0 Å². The fraction of sp³-hybridized carbons (Fsp3) is 0.130. The second-order valence-corrected chi connectivity index (χ2v) is 9.86. The molecule has 1 amide bonds. The number of carbonyl (C=O) groups is 1. The van der Waals surface area contributed by atoms with Crippen molar-refractivity contribution in [2.45, 2.75) is 17.4 Å². The quantitative estimate of drug-likeness (QED) is 0.445. The minimum absolute atomic E-state index is 0.0394. The van der Waals surface area contributed by atoms with Gasteiger partial charge in [-0.1, -0.05) is 23.7 Å². The number of amides is 1. The van der Waals surface area contributed by atoms with Crippen molar-refractivity contribution in [3.8, 4) is 11.4 Å². The van der Waals surface area contributed by atoms with E-state index in [1.54, 1.807) is 42.7 Å². The van der Waals surface area contributed by atoms with Gasteiger partial charge in [0.25, 0.3) is 0 Å². The van der Waals surface area contributed by atoms with Gasteiger partial charge in [0.1, 0.15) is 17.7 Å². The van der Waals surface area contributed by atoms with E-state index in [-0.39, 0.29) is 23.5 Å². The topological polar surface area (TPSA) is 95.2 Å². The van der Waals surface area contributed by atoms with Crippen LogP contribution in [-0.4, -0.2) is 36.9 Å².